The minimum absolute atomic E-state index is 0.0305. The molecule has 0 saturated carbocycles. The highest BCUT2D eigenvalue weighted by molar-refractivity contribution is 5.95. The van der Waals surface area contributed by atoms with Crippen LogP contribution in [0.4, 0.5) is 5.69 Å². The van der Waals surface area contributed by atoms with Crippen molar-refractivity contribution in [1.82, 2.24) is 9.97 Å². The highest BCUT2D eigenvalue weighted by Gasteiger charge is 2.18. The molecule has 0 atom stereocenters. The molecule has 8 heteroatoms. The Balaban J connectivity index is 1.57. The standard InChI is InChI=1S/C23H22N4O4/c1-16-7-9-17(10-8-16)27(14-4-13-24)21(28)15-31-22(29)12-11-20-25-19-6-3-2-5-18(19)23(30)26-20/h2-3,5-10H,4,11-12,14-15H2,1H3,(H,25,26,30). The van der Waals surface area contributed by atoms with Crippen LogP contribution in [0.15, 0.2) is 53.3 Å². The Kier molecular flexibility index (Phi) is 7.12. The van der Waals surface area contributed by atoms with Gasteiger partial charge in [-0.2, -0.15) is 5.26 Å². The van der Waals surface area contributed by atoms with Gasteiger partial charge in [-0.1, -0.05) is 29.8 Å². The zero-order chi connectivity index (χ0) is 22.2. The Morgan fingerprint density at radius 3 is 2.65 bits per heavy atom. The second-order valence-corrected chi connectivity index (χ2v) is 6.98. The predicted octanol–water partition coefficient (Wildman–Crippen LogP) is 2.65. The van der Waals surface area contributed by atoms with Crippen molar-refractivity contribution >= 4 is 28.5 Å². The van der Waals surface area contributed by atoms with E-state index in [9.17, 15) is 14.4 Å². The third kappa shape index (κ3) is 5.76. The highest BCUT2D eigenvalue weighted by Crippen LogP contribution is 2.16. The van der Waals surface area contributed by atoms with Crippen molar-refractivity contribution < 1.29 is 14.3 Å². The molecule has 158 valence electrons. The number of nitrogens with one attached hydrogen (secondary N) is 1. The van der Waals surface area contributed by atoms with E-state index in [1.165, 1.54) is 4.90 Å². The van der Waals surface area contributed by atoms with Crippen LogP contribution in [0.25, 0.3) is 10.9 Å². The molecule has 3 rings (SSSR count). The average Bonchev–Trinajstić information content (AvgIpc) is 2.77. The number of H-pyrrole nitrogens is 1. The first-order chi connectivity index (χ1) is 15.0. The molecular formula is C23H22N4O4. The minimum atomic E-state index is -0.576. The topological polar surface area (TPSA) is 116 Å². The second kappa shape index (κ2) is 10.2. The largest absolute Gasteiger partial charge is 0.456 e. The van der Waals surface area contributed by atoms with Crippen LogP contribution >= 0.6 is 0 Å². The molecule has 1 heterocycles. The molecule has 0 spiro atoms. The molecule has 8 nitrogen and oxygen atoms in total. The number of nitrogens with zero attached hydrogens (tertiary/aromatic N) is 3. The van der Waals surface area contributed by atoms with E-state index < -0.39 is 18.5 Å². The van der Waals surface area contributed by atoms with E-state index >= 15 is 0 Å². The van der Waals surface area contributed by atoms with Gasteiger partial charge in [0.25, 0.3) is 11.5 Å². The second-order valence-electron chi connectivity index (χ2n) is 6.98. The summed E-state index contributed by atoms with van der Waals surface area (Å²) in [6.45, 7) is 1.71. The van der Waals surface area contributed by atoms with Crippen LogP contribution in [0.5, 0.6) is 0 Å². The average molecular weight is 418 g/mol. The number of fused-ring (bicyclic) bond motifs is 1. The minimum Gasteiger partial charge on any atom is -0.456 e. The molecule has 1 amide bonds. The third-order valence-electron chi connectivity index (χ3n) is 4.68. The number of hydrogen-bond donors (Lipinski definition) is 1. The number of aromatic amines is 1. The van der Waals surface area contributed by atoms with Gasteiger partial charge in [0, 0.05) is 18.7 Å². The van der Waals surface area contributed by atoms with E-state index in [1.807, 2.05) is 25.1 Å². The smallest absolute Gasteiger partial charge is 0.306 e. The predicted molar refractivity (Wildman–Crippen MR) is 115 cm³/mol. The molecule has 2 aromatic carbocycles. The molecule has 31 heavy (non-hydrogen) atoms. The quantitative estimate of drug-likeness (QED) is 0.562. The van der Waals surface area contributed by atoms with Crippen molar-refractivity contribution in [2.24, 2.45) is 0 Å². The maximum atomic E-state index is 12.6. The number of esters is 1. The number of amides is 1. The summed E-state index contributed by atoms with van der Waals surface area (Å²) in [6.07, 6.45) is 0.315. The molecule has 0 fully saturated rings. The Morgan fingerprint density at radius 2 is 1.90 bits per heavy atom. The lowest BCUT2D eigenvalue weighted by molar-refractivity contribution is -0.147. The van der Waals surface area contributed by atoms with Gasteiger partial charge in [0.15, 0.2) is 6.61 Å². The van der Waals surface area contributed by atoms with Crippen molar-refractivity contribution in [2.45, 2.75) is 26.2 Å². The first-order valence-electron chi connectivity index (χ1n) is 9.85. The van der Waals surface area contributed by atoms with E-state index in [0.29, 0.717) is 22.4 Å². The maximum absolute atomic E-state index is 12.6. The molecule has 0 unspecified atom stereocenters. The van der Waals surface area contributed by atoms with Gasteiger partial charge >= 0.3 is 5.97 Å². The fourth-order valence-corrected chi connectivity index (χ4v) is 3.05. The van der Waals surface area contributed by atoms with E-state index in [1.54, 1.807) is 36.4 Å². The number of hydrogen-bond acceptors (Lipinski definition) is 6. The molecule has 1 aromatic heterocycles. The Labute approximate surface area is 179 Å². The molecule has 0 aliphatic carbocycles. The molecule has 3 aromatic rings. The zero-order valence-corrected chi connectivity index (χ0v) is 17.1. The summed E-state index contributed by atoms with van der Waals surface area (Å²) in [5, 5.41) is 9.35. The molecule has 0 radical (unpaired) electrons. The number of carbonyl (C=O) groups excluding carboxylic acids is 2. The maximum Gasteiger partial charge on any atom is 0.306 e. The summed E-state index contributed by atoms with van der Waals surface area (Å²) in [5.41, 5.74) is 1.97. The van der Waals surface area contributed by atoms with Crippen LogP contribution in [0, 0.1) is 18.3 Å². The van der Waals surface area contributed by atoms with Crippen LogP contribution in [0.3, 0.4) is 0 Å². The summed E-state index contributed by atoms with van der Waals surface area (Å²) in [7, 11) is 0. The number of ether oxygens (including phenoxy) is 1. The number of aromatic nitrogens is 2. The highest BCUT2D eigenvalue weighted by atomic mass is 16.5. The van der Waals surface area contributed by atoms with Gasteiger partial charge in [0.2, 0.25) is 0 Å². The van der Waals surface area contributed by atoms with Gasteiger partial charge in [0.05, 0.1) is 29.8 Å². The van der Waals surface area contributed by atoms with Crippen molar-refractivity contribution in [2.75, 3.05) is 18.1 Å². The number of anilines is 1. The number of para-hydroxylation sites is 1. The van der Waals surface area contributed by atoms with Crippen molar-refractivity contribution in [3.8, 4) is 6.07 Å². The number of aryl methyl sites for hydroxylation is 2. The van der Waals surface area contributed by atoms with Crippen LogP contribution in [-0.4, -0.2) is 35.0 Å². The summed E-state index contributed by atoms with van der Waals surface area (Å²) in [5.74, 6) is -0.611. The molecule has 0 bridgehead atoms. The van der Waals surface area contributed by atoms with Gasteiger partial charge in [0.1, 0.15) is 5.82 Å². The summed E-state index contributed by atoms with van der Waals surface area (Å²) in [6, 6.07) is 16.3. The van der Waals surface area contributed by atoms with E-state index in [2.05, 4.69) is 9.97 Å². The lowest BCUT2D eigenvalue weighted by atomic mass is 10.2. The normalized spacial score (nSPS) is 10.5. The first kappa shape index (κ1) is 21.7. The molecular weight excluding hydrogens is 396 g/mol. The lowest BCUT2D eigenvalue weighted by Crippen LogP contribution is -2.35. The van der Waals surface area contributed by atoms with Crippen molar-refractivity contribution in [3.05, 3.63) is 70.3 Å². The third-order valence-corrected chi connectivity index (χ3v) is 4.68. The fourth-order valence-electron chi connectivity index (χ4n) is 3.05. The number of nitriles is 1. The van der Waals surface area contributed by atoms with Gasteiger partial charge < -0.3 is 14.6 Å². The summed E-state index contributed by atoms with van der Waals surface area (Å²) in [4.78, 5) is 45.2. The van der Waals surface area contributed by atoms with Crippen LogP contribution in [0.1, 0.15) is 24.2 Å². The van der Waals surface area contributed by atoms with Gasteiger partial charge in [-0.15, -0.1) is 0 Å². The molecule has 0 aliphatic rings. The Bertz CT molecular complexity index is 1180. The van der Waals surface area contributed by atoms with Crippen LogP contribution in [0.2, 0.25) is 0 Å². The van der Waals surface area contributed by atoms with Crippen LogP contribution in [-0.2, 0) is 20.7 Å². The lowest BCUT2D eigenvalue weighted by Gasteiger charge is -2.21. The monoisotopic (exact) mass is 418 g/mol. The van der Waals surface area contributed by atoms with Crippen LogP contribution < -0.4 is 10.5 Å². The molecule has 1 N–H and O–H groups in total. The zero-order valence-electron chi connectivity index (χ0n) is 17.1. The van der Waals surface area contributed by atoms with Gasteiger partial charge in [-0.3, -0.25) is 14.4 Å². The summed E-state index contributed by atoms with van der Waals surface area (Å²) >= 11 is 0. The van der Waals surface area contributed by atoms with Crippen molar-refractivity contribution in [3.63, 3.8) is 0 Å². The Morgan fingerprint density at radius 1 is 1.16 bits per heavy atom. The van der Waals surface area contributed by atoms with E-state index in [4.69, 9.17) is 10.00 Å². The molecule has 0 aliphatic heterocycles. The SMILES string of the molecule is Cc1ccc(N(CCC#N)C(=O)COC(=O)CCc2nc3ccccc3c(=O)[nH]2)cc1. The number of carbonyl (C=O) groups is 2. The van der Waals surface area contributed by atoms with E-state index in [-0.39, 0.29) is 31.4 Å². The van der Waals surface area contributed by atoms with Gasteiger partial charge in [-0.25, -0.2) is 4.98 Å². The molecule has 0 saturated heterocycles. The Hall–Kier alpha value is -3.99. The first-order valence-corrected chi connectivity index (χ1v) is 9.85. The van der Waals surface area contributed by atoms with Crippen molar-refractivity contribution in [1.29, 1.82) is 5.26 Å². The number of benzene rings is 2. The van der Waals surface area contributed by atoms with Gasteiger partial charge in [-0.05, 0) is 31.2 Å². The summed E-state index contributed by atoms with van der Waals surface area (Å²) < 4.78 is 5.12. The van der Waals surface area contributed by atoms with E-state index in [0.717, 1.165) is 5.56 Å². The number of rotatable bonds is 8. The fraction of sp³-hybridized carbons (Fsp3) is 0.261.